The number of thiazole rings is 1. The first-order valence-electron chi connectivity index (χ1n) is 6.84. The fourth-order valence-corrected chi connectivity index (χ4v) is 3.24. The lowest BCUT2D eigenvalue weighted by Gasteiger charge is -2.18. The SMILES string of the molecule is Cc1cc(F)ccc1NC(=O)N(C)Cc1c(Cl)nc2sccn12. The number of hydrogen-bond donors (Lipinski definition) is 1. The number of carbonyl (C=O) groups excluding carboxylic acids is 1. The predicted octanol–water partition coefficient (Wildman–Crippen LogP) is 4.16. The number of benzene rings is 1. The number of hydrogen-bond acceptors (Lipinski definition) is 3. The fourth-order valence-electron chi connectivity index (χ4n) is 2.22. The number of halogens is 2. The first-order chi connectivity index (χ1) is 11.0. The van der Waals surface area contributed by atoms with Gasteiger partial charge < -0.3 is 10.2 Å². The molecule has 0 atom stereocenters. The van der Waals surface area contributed by atoms with E-state index in [9.17, 15) is 9.18 Å². The average Bonchev–Trinajstić information content (AvgIpc) is 3.04. The van der Waals surface area contributed by atoms with Gasteiger partial charge in [-0.2, -0.15) is 0 Å². The van der Waals surface area contributed by atoms with Crippen molar-refractivity contribution in [2.75, 3.05) is 12.4 Å². The van der Waals surface area contributed by atoms with Crippen LogP contribution in [0.1, 0.15) is 11.3 Å². The number of urea groups is 1. The molecule has 0 aliphatic heterocycles. The molecule has 1 aromatic carbocycles. The molecule has 1 N–H and O–H groups in total. The second-order valence-corrected chi connectivity index (χ2v) is 6.38. The molecule has 0 saturated carbocycles. The molecule has 2 aromatic heterocycles. The van der Waals surface area contributed by atoms with Gasteiger partial charge in [-0.05, 0) is 30.7 Å². The number of fused-ring (bicyclic) bond motifs is 1. The van der Waals surface area contributed by atoms with Crippen molar-refractivity contribution in [3.05, 3.63) is 52.0 Å². The summed E-state index contributed by atoms with van der Waals surface area (Å²) in [4.78, 5) is 18.8. The topological polar surface area (TPSA) is 49.6 Å². The van der Waals surface area contributed by atoms with Gasteiger partial charge >= 0.3 is 6.03 Å². The summed E-state index contributed by atoms with van der Waals surface area (Å²) in [6.45, 7) is 2.05. The molecular weight excluding hydrogens is 339 g/mol. The zero-order valence-corrected chi connectivity index (χ0v) is 14.1. The van der Waals surface area contributed by atoms with Gasteiger partial charge in [0.15, 0.2) is 10.1 Å². The number of nitrogens with one attached hydrogen (secondary N) is 1. The highest BCUT2D eigenvalue weighted by Crippen LogP contribution is 2.23. The van der Waals surface area contributed by atoms with Crippen LogP contribution >= 0.6 is 22.9 Å². The van der Waals surface area contributed by atoms with Gasteiger partial charge in [0, 0.05) is 24.3 Å². The van der Waals surface area contributed by atoms with Crippen molar-refractivity contribution in [3.8, 4) is 0 Å². The monoisotopic (exact) mass is 352 g/mol. The van der Waals surface area contributed by atoms with Crippen molar-refractivity contribution >= 4 is 39.6 Å². The van der Waals surface area contributed by atoms with Crippen LogP contribution in [0.3, 0.4) is 0 Å². The highest BCUT2D eigenvalue weighted by atomic mass is 35.5. The third kappa shape index (κ3) is 3.16. The van der Waals surface area contributed by atoms with E-state index in [1.807, 2.05) is 16.0 Å². The van der Waals surface area contributed by atoms with Crippen LogP contribution in [-0.2, 0) is 6.54 Å². The summed E-state index contributed by atoms with van der Waals surface area (Å²) in [6.07, 6.45) is 1.87. The van der Waals surface area contributed by atoms with Crippen LogP contribution in [0.5, 0.6) is 0 Å². The molecule has 5 nitrogen and oxygen atoms in total. The van der Waals surface area contributed by atoms with Gasteiger partial charge in [0.2, 0.25) is 0 Å². The lowest BCUT2D eigenvalue weighted by Crippen LogP contribution is -2.31. The summed E-state index contributed by atoms with van der Waals surface area (Å²) in [5.41, 5.74) is 1.98. The molecule has 0 aliphatic carbocycles. The Kier molecular flexibility index (Phi) is 4.23. The van der Waals surface area contributed by atoms with Crippen molar-refractivity contribution in [2.24, 2.45) is 0 Å². The number of nitrogens with zero attached hydrogens (tertiary/aromatic N) is 3. The molecule has 0 aliphatic rings. The van der Waals surface area contributed by atoms with E-state index >= 15 is 0 Å². The largest absolute Gasteiger partial charge is 0.322 e. The number of carbonyl (C=O) groups is 1. The van der Waals surface area contributed by atoms with Crippen LogP contribution in [0.2, 0.25) is 5.15 Å². The summed E-state index contributed by atoms with van der Waals surface area (Å²) in [5, 5.41) is 5.05. The molecule has 3 aromatic rings. The number of anilines is 1. The number of imidazole rings is 1. The smallest absolute Gasteiger partial charge is 0.321 e. The lowest BCUT2D eigenvalue weighted by molar-refractivity contribution is 0.220. The molecule has 0 spiro atoms. The fraction of sp³-hybridized carbons (Fsp3) is 0.200. The third-order valence-electron chi connectivity index (χ3n) is 3.48. The minimum Gasteiger partial charge on any atom is -0.322 e. The van der Waals surface area contributed by atoms with E-state index in [0.29, 0.717) is 22.9 Å². The summed E-state index contributed by atoms with van der Waals surface area (Å²) < 4.78 is 15.0. The Labute approximate surface area is 141 Å². The van der Waals surface area contributed by atoms with Crippen LogP contribution in [0.4, 0.5) is 14.9 Å². The molecular formula is C15H14ClFN4OS. The molecule has 0 unspecified atom stereocenters. The third-order valence-corrected chi connectivity index (χ3v) is 4.54. The molecule has 0 radical (unpaired) electrons. The Bertz CT molecular complexity index is 876. The van der Waals surface area contributed by atoms with Crippen LogP contribution in [0.15, 0.2) is 29.8 Å². The summed E-state index contributed by atoms with van der Waals surface area (Å²) in [6, 6.07) is 3.92. The lowest BCUT2D eigenvalue weighted by atomic mass is 10.2. The first-order valence-corrected chi connectivity index (χ1v) is 8.09. The number of aryl methyl sites for hydroxylation is 1. The first kappa shape index (κ1) is 15.8. The minimum atomic E-state index is -0.334. The molecule has 0 saturated heterocycles. The molecule has 2 amide bonds. The maximum absolute atomic E-state index is 13.1. The second kappa shape index (κ2) is 6.17. The van der Waals surface area contributed by atoms with Crippen LogP contribution < -0.4 is 5.32 Å². The van der Waals surface area contributed by atoms with E-state index in [4.69, 9.17) is 11.6 Å². The standard InChI is InChI=1S/C15H14ClFN4OS/c1-9-7-10(17)3-4-11(9)18-14(22)20(2)8-12-13(16)19-15-21(12)5-6-23-15/h3-7H,8H2,1-2H3,(H,18,22). The van der Waals surface area contributed by atoms with Gasteiger partial charge in [-0.15, -0.1) is 11.3 Å². The second-order valence-electron chi connectivity index (χ2n) is 5.15. The zero-order chi connectivity index (χ0) is 16.6. The molecule has 23 heavy (non-hydrogen) atoms. The molecule has 8 heteroatoms. The highest BCUT2D eigenvalue weighted by molar-refractivity contribution is 7.15. The van der Waals surface area contributed by atoms with Gasteiger partial charge in [-0.3, -0.25) is 4.40 Å². The Morgan fingerprint density at radius 2 is 2.30 bits per heavy atom. The number of rotatable bonds is 3. The minimum absolute atomic E-state index is 0.305. The van der Waals surface area contributed by atoms with Gasteiger partial charge in [0.05, 0.1) is 12.2 Å². The zero-order valence-electron chi connectivity index (χ0n) is 12.5. The molecule has 3 rings (SSSR count). The van der Waals surface area contributed by atoms with Crippen molar-refractivity contribution in [2.45, 2.75) is 13.5 Å². The Morgan fingerprint density at radius 3 is 3.04 bits per heavy atom. The van der Waals surface area contributed by atoms with Crippen LogP contribution in [0, 0.1) is 12.7 Å². The van der Waals surface area contributed by atoms with E-state index in [1.165, 1.54) is 28.4 Å². The number of amides is 2. The highest BCUT2D eigenvalue weighted by Gasteiger charge is 2.17. The van der Waals surface area contributed by atoms with E-state index in [1.54, 1.807) is 20.0 Å². The predicted molar refractivity (Wildman–Crippen MR) is 89.7 cm³/mol. The Morgan fingerprint density at radius 1 is 1.52 bits per heavy atom. The van der Waals surface area contributed by atoms with Crippen molar-refractivity contribution in [3.63, 3.8) is 0 Å². The maximum atomic E-state index is 13.1. The normalized spacial score (nSPS) is 11.0. The Hall–Kier alpha value is -2.12. The molecule has 2 heterocycles. The van der Waals surface area contributed by atoms with Gasteiger partial charge in [-0.25, -0.2) is 14.2 Å². The summed E-state index contributed by atoms with van der Waals surface area (Å²) in [5.74, 6) is -0.334. The summed E-state index contributed by atoms with van der Waals surface area (Å²) in [7, 11) is 1.66. The van der Waals surface area contributed by atoms with E-state index in [2.05, 4.69) is 10.3 Å². The van der Waals surface area contributed by atoms with Crippen molar-refractivity contribution in [1.82, 2.24) is 14.3 Å². The molecule has 0 fully saturated rings. The van der Waals surface area contributed by atoms with Crippen LogP contribution in [-0.4, -0.2) is 27.4 Å². The molecule has 0 bridgehead atoms. The van der Waals surface area contributed by atoms with Crippen LogP contribution in [0.25, 0.3) is 4.96 Å². The number of aromatic nitrogens is 2. The van der Waals surface area contributed by atoms with Crippen molar-refractivity contribution < 1.29 is 9.18 Å². The van der Waals surface area contributed by atoms with Crippen molar-refractivity contribution in [1.29, 1.82) is 0 Å². The van der Waals surface area contributed by atoms with Gasteiger partial charge in [-0.1, -0.05) is 11.6 Å². The summed E-state index contributed by atoms with van der Waals surface area (Å²) >= 11 is 7.61. The van der Waals surface area contributed by atoms with E-state index in [0.717, 1.165) is 10.7 Å². The average molecular weight is 353 g/mol. The maximum Gasteiger partial charge on any atom is 0.321 e. The van der Waals surface area contributed by atoms with E-state index in [-0.39, 0.29) is 11.8 Å². The molecule has 120 valence electrons. The van der Waals surface area contributed by atoms with E-state index < -0.39 is 0 Å². The van der Waals surface area contributed by atoms with Gasteiger partial charge in [0.1, 0.15) is 5.82 Å². The Balaban J connectivity index is 1.75. The quantitative estimate of drug-likeness (QED) is 0.769. The van der Waals surface area contributed by atoms with Gasteiger partial charge in [0.25, 0.3) is 0 Å².